The Bertz CT molecular complexity index is 417. The summed E-state index contributed by atoms with van der Waals surface area (Å²) in [4.78, 5) is 11.7. The van der Waals surface area contributed by atoms with Crippen molar-refractivity contribution in [2.24, 2.45) is 0 Å². The Morgan fingerprint density at radius 2 is 2.42 bits per heavy atom. The third-order valence-electron chi connectivity index (χ3n) is 2.96. The van der Waals surface area contributed by atoms with Crippen LogP contribution in [0, 0.1) is 0 Å². The minimum absolute atomic E-state index is 0.0168. The van der Waals surface area contributed by atoms with Crippen LogP contribution in [-0.2, 0) is 14.3 Å². The molecule has 19 heavy (non-hydrogen) atoms. The van der Waals surface area contributed by atoms with E-state index < -0.39 is 0 Å². The van der Waals surface area contributed by atoms with Gasteiger partial charge in [0.15, 0.2) is 0 Å². The first-order chi connectivity index (χ1) is 9.24. The van der Waals surface area contributed by atoms with Gasteiger partial charge >= 0.3 is 0 Å². The summed E-state index contributed by atoms with van der Waals surface area (Å²) in [6.07, 6.45) is 2.32. The van der Waals surface area contributed by atoms with Crippen LogP contribution in [0.2, 0.25) is 0 Å². The average molecular weight is 264 g/mol. The monoisotopic (exact) mass is 264 g/mol. The van der Waals surface area contributed by atoms with Gasteiger partial charge in [0.05, 0.1) is 12.7 Å². The number of benzene rings is 1. The molecule has 2 rings (SSSR count). The summed E-state index contributed by atoms with van der Waals surface area (Å²) in [5.41, 5.74) is 7.02. The normalized spacial score (nSPS) is 18.4. The smallest absolute Gasteiger partial charge is 0.224 e. The first-order valence-electron chi connectivity index (χ1n) is 6.59. The maximum atomic E-state index is 11.7. The van der Waals surface area contributed by atoms with Crippen LogP contribution in [0.25, 0.3) is 0 Å². The van der Waals surface area contributed by atoms with E-state index in [1.807, 2.05) is 12.1 Å². The summed E-state index contributed by atoms with van der Waals surface area (Å²) in [6.45, 7) is 2.05. The Balaban J connectivity index is 1.61. The van der Waals surface area contributed by atoms with Crippen molar-refractivity contribution < 1.29 is 14.3 Å². The van der Waals surface area contributed by atoms with Gasteiger partial charge in [-0.1, -0.05) is 6.07 Å². The second-order valence-electron chi connectivity index (χ2n) is 4.63. The molecule has 1 amide bonds. The van der Waals surface area contributed by atoms with E-state index in [4.69, 9.17) is 15.2 Å². The van der Waals surface area contributed by atoms with E-state index in [2.05, 4.69) is 5.32 Å². The number of amides is 1. The van der Waals surface area contributed by atoms with Crippen molar-refractivity contribution in [1.82, 2.24) is 0 Å². The molecule has 1 aliphatic rings. The molecule has 5 heteroatoms. The van der Waals surface area contributed by atoms with Crippen LogP contribution >= 0.6 is 0 Å². The molecule has 1 saturated heterocycles. The van der Waals surface area contributed by atoms with E-state index in [9.17, 15) is 4.79 Å². The maximum absolute atomic E-state index is 11.7. The number of hydrogen-bond donors (Lipinski definition) is 2. The molecule has 104 valence electrons. The molecule has 1 atom stereocenters. The SMILES string of the molecule is Nc1cccc(NC(=O)CCCOC2CCOC2)c1. The summed E-state index contributed by atoms with van der Waals surface area (Å²) in [5, 5.41) is 2.81. The highest BCUT2D eigenvalue weighted by molar-refractivity contribution is 5.91. The molecular weight excluding hydrogens is 244 g/mol. The van der Waals surface area contributed by atoms with Crippen molar-refractivity contribution in [1.29, 1.82) is 0 Å². The van der Waals surface area contributed by atoms with Gasteiger partial charge in [0.2, 0.25) is 5.91 Å². The number of nitrogen functional groups attached to an aromatic ring is 1. The third-order valence-corrected chi connectivity index (χ3v) is 2.96. The Morgan fingerprint density at radius 1 is 1.53 bits per heavy atom. The molecule has 0 spiro atoms. The third kappa shape index (κ3) is 4.89. The molecule has 0 radical (unpaired) electrons. The highest BCUT2D eigenvalue weighted by Crippen LogP contribution is 2.12. The summed E-state index contributed by atoms with van der Waals surface area (Å²) in [7, 11) is 0. The number of rotatable bonds is 6. The molecule has 1 aromatic carbocycles. The lowest BCUT2D eigenvalue weighted by Gasteiger charge is -2.09. The number of nitrogens with two attached hydrogens (primary N) is 1. The quantitative estimate of drug-likeness (QED) is 0.607. The summed E-state index contributed by atoms with van der Waals surface area (Å²) in [5.74, 6) is -0.0168. The molecule has 1 fully saturated rings. The second-order valence-corrected chi connectivity index (χ2v) is 4.63. The fourth-order valence-corrected chi connectivity index (χ4v) is 1.97. The van der Waals surface area contributed by atoms with E-state index in [0.29, 0.717) is 31.7 Å². The van der Waals surface area contributed by atoms with Gasteiger partial charge in [0, 0.05) is 31.0 Å². The maximum Gasteiger partial charge on any atom is 0.224 e. The Labute approximate surface area is 113 Å². The fraction of sp³-hybridized carbons (Fsp3) is 0.500. The van der Waals surface area contributed by atoms with Crippen molar-refractivity contribution in [3.05, 3.63) is 24.3 Å². The lowest BCUT2D eigenvalue weighted by atomic mass is 10.2. The topological polar surface area (TPSA) is 73.6 Å². The number of anilines is 2. The molecule has 5 nitrogen and oxygen atoms in total. The van der Waals surface area contributed by atoms with E-state index in [-0.39, 0.29) is 12.0 Å². The van der Waals surface area contributed by atoms with Crippen molar-refractivity contribution >= 4 is 17.3 Å². The van der Waals surface area contributed by atoms with E-state index >= 15 is 0 Å². The van der Waals surface area contributed by atoms with Crippen LogP contribution in [0.1, 0.15) is 19.3 Å². The Kier molecular flexibility index (Phi) is 5.18. The standard InChI is InChI=1S/C14H20N2O3/c15-11-3-1-4-12(9-11)16-14(17)5-2-7-19-13-6-8-18-10-13/h1,3-4,9,13H,2,5-8,10,15H2,(H,16,17). The molecule has 1 heterocycles. The lowest BCUT2D eigenvalue weighted by Crippen LogP contribution is -2.16. The average Bonchev–Trinajstić information content (AvgIpc) is 2.88. The van der Waals surface area contributed by atoms with Crippen LogP contribution in [-0.4, -0.2) is 31.8 Å². The van der Waals surface area contributed by atoms with Crippen molar-refractivity contribution in [2.45, 2.75) is 25.4 Å². The predicted octanol–water partition coefficient (Wildman–Crippen LogP) is 1.79. The molecule has 1 aliphatic heterocycles. The first-order valence-corrected chi connectivity index (χ1v) is 6.59. The summed E-state index contributed by atoms with van der Waals surface area (Å²) >= 11 is 0. The van der Waals surface area contributed by atoms with Crippen LogP contribution in [0.5, 0.6) is 0 Å². The molecule has 1 unspecified atom stereocenters. The fourth-order valence-electron chi connectivity index (χ4n) is 1.97. The van der Waals surface area contributed by atoms with E-state index in [1.165, 1.54) is 0 Å². The molecular formula is C14H20N2O3. The van der Waals surface area contributed by atoms with Crippen molar-refractivity contribution in [2.75, 3.05) is 30.9 Å². The molecule has 1 aromatic rings. The van der Waals surface area contributed by atoms with Gasteiger partial charge in [-0.15, -0.1) is 0 Å². The Morgan fingerprint density at radius 3 is 3.16 bits per heavy atom. The van der Waals surface area contributed by atoms with Crippen molar-refractivity contribution in [3.63, 3.8) is 0 Å². The van der Waals surface area contributed by atoms with E-state index in [1.54, 1.807) is 12.1 Å². The molecule has 0 bridgehead atoms. The second kappa shape index (κ2) is 7.11. The van der Waals surface area contributed by atoms with Crippen molar-refractivity contribution in [3.8, 4) is 0 Å². The van der Waals surface area contributed by atoms with Gasteiger partial charge in [-0.25, -0.2) is 0 Å². The first kappa shape index (κ1) is 13.8. The molecule has 3 N–H and O–H groups in total. The minimum atomic E-state index is -0.0168. The predicted molar refractivity (Wildman–Crippen MR) is 73.9 cm³/mol. The number of carbonyl (C=O) groups excluding carboxylic acids is 1. The number of ether oxygens (including phenoxy) is 2. The van der Waals surface area contributed by atoms with Gasteiger partial charge in [0.1, 0.15) is 0 Å². The number of hydrogen-bond acceptors (Lipinski definition) is 4. The largest absolute Gasteiger partial charge is 0.399 e. The zero-order chi connectivity index (χ0) is 13.5. The van der Waals surface area contributed by atoms with Gasteiger partial charge < -0.3 is 20.5 Å². The Hall–Kier alpha value is -1.59. The molecule has 0 saturated carbocycles. The number of nitrogens with one attached hydrogen (secondary N) is 1. The number of carbonyl (C=O) groups is 1. The highest BCUT2D eigenvalue weighted by atomic mass is 16.5. The zero-order valence-corrected chi connectivity index (χ0v) is 10.9. The van der Waals surface area contributed by atoms with Gasteiger partial charge in [-0.3, -0.25) is 4.79 Å². The van der Waals surface area contributed by atoms with Gasteiger partial charge in [-0.2, -0.15) is 0 Å². The highest BCUT2D eigenvalue weighted by Gasteiger charge is 2.15. The van der Waals surface area contributed by atoms with Crippen LogP contribution in [0.15, 0.2) is 24.3 Å². The summed E-state index contributed by atoms with van der Waals surface area (Å²) < 4.78 is 10.8. The van der Waals surface area contributed by atoms with Gasteiger partial charge in [0.25, 0.3) is 0 Å². The van der Waals surface area contributed by atoms with E-state index in [0.717, 1.165) is 18.7 Å². The lowest BCUT2D eigenvalue weighted by molar-refractivity contribution is -0.116. The molecule has 0 aromatic heterocycles. The zero-order valence-electron chi connectivity index (χ0n) is 10.9. The van der Waals surface area contributed by atoms with Gasteiger partial charge in [-0.05, 0) is 31.0 Å². The van der Waals surface area contributed by atoms with Crippen LogP contribution in [0.3, 0.4) is 0 Å². The van der Waals surface area contributed by atoms with Crippen LogP contribution in [0.4, 0.5) is 11.4 Å². The van der Waals surface area contributed by atoms with Crippen LogP contribution < -0.4 is 11.1 Å². The molecule has 0 aliphatic carbocycles. The minimum Gasteiger partial charge on any atom is -0.399 e. The summed E-state index contributed by atoms with van der Waals surface area (Å²) in [6, 6.07) is 7.16.